The zero-order valence-corrected chi connectivity index (χ0v) is 14.0. The van der Waals surface area contributed by atoms with Crippen molar-refractivity contribution in [3.63, 3.8) is 0 Å². The largest absolute Gasteiger partial charge is 0.358 e. The van der Waals surface area contributed by atoms with E-state index in [0.717, 1.165) is 6.42 Å². The maximum atomic E-state index is 4.03. The summed E-state index contributed by atoms with van der Waals surface area (Å²) >= 11 is 0. The van der Waals surface area contributed by atoms with Crippen LogP contribution in [0.4, 0.5) is 0 Å². The van der Waals surface area contributed by atoms with Crippen LogP contribution in [0.2, 0.25) is 0 Å². The minimum absolute atomic E-state index is 0. The number of hydrogen-bond donors (Lipinski definition) is 0. The predicted octanol–water partition coefficient (Wildman–Crippen LogP) is 3.15. The molecule has 0 rings (SSSR count). The Morgan fingerprint density at radius 1 is 1.36 bits per heavy atom. The van der Waals surface area contributed by atoms with Crippen molar-refractivity contribution in [3.8, 4) is 0 Å². The molecule has 0 amide bonds. The third-order valence-corrected chi connectivity index (χ3v) is 1.96. The van der Waals surface area contributed by atoms with E-state index in [2.05, 4.69) is 34.6 Å². The van der Waals surface area contributed by atoms with Crippen LogP contribution >= 0.6 is 0 Å². The van der Waals surface area contributed by atoms with E-state index in [-0.39, 0.29) is 66.6 Å². The topological polar surface area (TPSA) is 0 Å². The van der Waals surface area contributed by atoms with E-state index in [9.17, 15) is 0 Å². The van der Waals surface area contributed by atoms with Crippen molar-refractivity contribution in [2.24, 2.45) is 11.3 Å². The molecule has 0 aliphatic carbocycles. The number of hydrogen-bond acceptors (Lipinski definition) is 0. The Bertz CT molecular complexity index is 70.0. The van der Waals surface area contributed by atoms with E-state index in [4.69, 9.17) is 0 Å². The third-order valence-electron chi connectivity index (χ3n) is 1.96. The molecule has 1 unspecified atom stereocenters. The van der Waals surface area contributed by atoms with Gasteiger partial charge in [-0.1, -0.05) is 26.7 Å². The van der Waals surface area contributed by atoms with E-state index in [0.29, 0.717) is 5.92 Å². The summed E-state index contributed by atoms with van der Waals surface area (Å²) in [5.41, 5.74) is 0.181. The second kappa shape index (κ2) is 9.88. The van der Waals surface area contributed by atoms with Crippen LogP contribution in [0.5, 0.6) is 0 Å². The minimum Gasteiger partial charge on any atom is -0.358 e. The second-order valence-corrected chi connectivity index (χ2v) is 3.06. The molecule has 1 radical (unpaired) electrons. The molecule has 0 bridgehead atoms. The van der Waals surface area contributed by atoms with Gasteiger partial charge in [0.05, 0.1) is 0 Å². The van der Waals surface area contributed by atoms with Crippen LogP contribution in [-0.4, -0.2) is 0 Å². The fourth-order valence-electron chi connectivity index (χ4n) is 0.289. The smallest absolute Gasteiger partial charge is 0 e. The summed E-state index contributed by atoms with van der Waals surface area (Å²) in [6, 6.07) is 0. The van der Waals surface area contributed by atoms with Crippen LogP contribution in [0.3, 0.4) is 0 Å². The number of rotatable bonds is 2. The van der Waals surface area contributed by atoms with Crippen LogP contribution in [0.1, 0.15) is 27.2 Å². The molecule has 0 nitrogen and oxygen atoms in total. The van der Waals surface area contributed by atoms with Crippen molar-refractivity contribution in [2.45, 2.75) is 27.2 Å². The van der Waals surface area contributed by atoms with E-state index >= 15 is 0 Å². The zero-order valence-electron chi connectivity index (χ0n) is 8.18. The van der Waals surface area contributed by atoms with Gasteiger partial charge in [0.25, 0.3) is 0 Å². The normalized spacial score (nSPS) is 13.6. The van der Waals surface area contributed by atoms with Gasteiger partial charge in [0, 0.05) is 53.8 Å². The van der Waals surface area contributed by atoms with Crippen LogP contribution in [-0.2, 0) is 53.8 Å². The van der Waals surface area contributed by atoms with Crippen LogP contribution < -0.4 is 0 Å². The Morgan fingerprint density at radius 3 is 1.64 bits per heavy atom. The Balaban J connectivity index is -0.0000000817. The molecule has 0 fully saturated rings. The summed E-state index contributed by atoms with van der Waals surface area (Å²) in [5.74, 6) is 0.639. The van der Waals surface area contributed by atoms with Gasteiger partial charge in [-0.25, -0.2) is 6.42 Å². The van der Waals surface area contributed by atoms with Gasteiger partial charge in [-0.05, 0) is 0 Å². The van der Waals surface area contributed by atoms with Gasteiger partial charge in [0.2, 0.25) is 0 Å². The molecule has 2 heteroatoms. The molecule has 0 aliphatic heterocycles. The summed E-state index contributed by atoms with van der Waals surface area (Å²) in [5, 5.41) is 0. The molecule has 0 aromatic heterocycles. The van der Waals surface area contributed by atoms with Gasteiger partial charge < -0.3 is 21.3 Å². The van der Waals surface area contributed by atoms with Crippen molar-refractivity contribution in [1.29, 1.82) is 0 Å². The van der Waals surface area contributed by atoms with Crippen LogP contribution in [0.25, 0.3) is 0 Å². The summed E-state index contributed by atoms with van der Waals surface area (Å²) < 4.78 is 0. The molecule has 0 saturated carbocycles. The predicted molar refractivity (Wildman–Crippen MR) is 44.7 cm³/mol. The Labute approximate surface area is 112 Å². The Morgan fingerprint density at radius 2 is 1.64 bits per heavy atom. The zero-order chi connectivity index (χ0) is 6.78. The van der Waals surface area contributed by atoms with Gasteiger partial charge in [0.15, 0.2) is 0 Å². The van der Waals surface area contributed by atoms with Gasteiger partial charge >= 0.3 is 0 Å². The molecule has 67 valence electrons. The van der Waals surface area contributed by atoms with E-state index < -0.39 is 0 Å². The summed E-state index contributed by atoms with van der Waals surface area (Å²) in [6.07, 6.45) is 0.921. The van der Waals surface area contributed by atoms with Crippen molar-refractivity contribution in [3.05, 3.63) is 21.3 Å². The van der Waals surface area contributed by atoms with Crippen molar-refractivity contribution in [2.75, 3.05) is 0 Å². The molecule has 0 saturated heterocycles. The second-order valence-electron chi connectivity index (χ2n) is 3.06. The Kier molecular flexibility index (Phi) is 20.7. The first-order chi connectivity index (χ1) is 3.50. The Hall–Kier alpha value is 1.79. The molecular formula is C9H19WY-3. The van der Waals surface area contributed by atoms with Gasteiger partial charge in [-0.2, -0.15) is 5.41 Å². The molecule has 11 heavy (non-hydrogen) atoms. The average molecular weight is 400 g/mol. The molecular weight excluding hydrogens is 381 g/mol. The maximum absolute atomic E-state index is 4.03. The van der Waals surface area contributed by atoms with E-state index in [1.165, 1.54) is 0 Å². The average Bonchev–Trinajstić information content (AvgIpc) is 1.67. The quantitative estimate of drug-likeness (QED) is 0.626. The van der Waals surface area contributed by atoms with Crippen molar-refractivity contribution in [1.82, 2.24) is 0 Å². The fraction of sp³-hybridized carbons (Fsp3) is 0.667. The van der Waals surface area contributed by atoms with Gasteiger partial charge in [-0.15, -0.1) is 0 Å². The van der Waals surface area contributed by atoms with Crippen molar-refractivity contribution < 1.29 is 53.8 Å². The molecule has 0 N–H and O–H groups in total. The molecule has 0 aromatic rings. The molecule has 0 aromatic carbocycles. The first kappa shape index (κ1) is 23.0. The molecule has 1 atom stereocenters. The van der Waals surface area contributed by atoms with Gasteiger partial charge in [0.1, 0.15) is 0 Å². The summed E-state index contributed by atoms with van der Waals surface area (Å²) in [6.45, 7) is 14.3. The molecule has 0 heterocycles. The first-order valence-corrected chi connectivity index (χ1v) is 3.15. The van der Waals surface area contributed by atoms with Gasteiger partial charge in [-0.3, -0.25) is 0 Å². The minimum atomic E-state index is 0. The SMILES string of the molecule is [CH2-]CC([CH2-])(C)C(C)C.[CH3-].[W].[Y]. The molecule has 0 aliphatic rings. The summed E-state index contributed by atoms with van der Waals surface area (Å²) in [4.78, 5) is 0. The summed E-state index contributed by atoms with van der Waals surface area (Å²) in [7, 11) is 0. The first-order valence-electron chi connectivity index (χ1n) is 3.15. The van der Waals surface area contributed by atoms with E-state index in [1.54, 1.807) is 0 Å². The monoisotopic (exact) mass is 400 g/mol. The third kappa shape index (κ3) is 9.71. The molecule has 0 spiro atoms. The maximum Gasteiger partial charge on any atom is 0 e. The van der Waals surface area contributed by atoms with Crippen LogP contribution in [0, 0.1) is 32.6 Å². The van der Waals surface area contributed by atoms with E-state index in [1.807, 2.05) is 0 Å². The standard InChI is InChI=1S/C8H16.CH3.W.Y/c1-6-8(4,5)7(2)3;;;/h7H,1,4,6H2,2-3,5H3;1H3;;/q-2;-1;;. The van der Waals surface area contributed by atoms with Crippen LogP contribution in [0.15, 0.2) is 0 Å². The fourth-order valence-corrected chi connectivity index (χ4v) is 0.289. The van der Waals surface area contributed by atoms with Crippen molar-refractivity contribution >= 4 is 0 Å².